The summed E-state index contributed by atoms with van der Waals surface area (Å²) in [7, 11) is 0. The van der Waals surface area contributed by atoms with E-state index in [1.54, 1.807) is 6.26 Å². The van der Waals surface area contributed by atoms with Crippen molar-refractivity contribution in [3.8, 4) is 11.5 Å². The lowest BCUT2D eigenvalue weighted by molar-refractivity contribution is -0.146. The summed E-state index contributed by atoms with van der Waals surface area (Å²) >= 11 is 0. The van der Waals surface area contributed by atoms with E-state index < -0.39 is 0 Å². The lowest BCUT2D eigenvalue weighted by atomic mass is 9.82. The Morgan fingerprint density at radius 2 is 2.07 bits per heavy atom. The van der Waals surface area contributed by atoms with Crippen LogP contribution in [0.3, 0.4) is 0 Å². The van der Waals surface area contributed by atoms with Crippen molar-refractivity contribution in [2.75, 3.05) is 6.61 Å². The van der Waals surface area contributed by atoms with Crippen LogP contribution in [0.1, 0.15) is 63.3 Å². The summed E-state index contributed by atoms with van der Waals surface area (Å²) in [4.78, 5) is 0. The maximum atomic E-state index is 6.74. The SMILES string of the molecule is CCOc1cccc2c1OC1(CCC(C)CC1)N1N=C(c3ccco3)C[C@@H]21. The van der Waals surface area contributed by atoms with Crippen LogP contribution in [0, 0.1) is 5.92 Å². The molecule has 0 radical (unpaired) electrons. The highest BCUT2D eigenvalue weighted by Gasteiger charge is 2.52. The lowest BCUT2D eigenvalue weighted by Crippen LogP contribution is -2.55. The molecule has 3 heterocycles. The first-order chi connectivity index (χ1) is 13.2. The Bertz CT molecular complexity index is 850. The molecule has 5 heteroatoms. The number of fused-ring (bicyclic) bond motifs is 4. The molecule has 1 aliphatic carbocycles. The van der Waals surface area contributed by atoms with Gasteiger partial charge in [0.1, 0.15) is 11.5 Å². The summed E-state index contributed by atoms with van der Waals surface area (Å²) in [6.45, 7) is 4.97. The number of benzene rings is 1. The molecule has 0 bridgehead atoms. The molecule has 0 N–H and O–H groups in total. The van der Waals surface area contributed by atoms with E-state index in [1.165, 1.54) is 0 Å². The van der Waals surface area contributed by atoms with Crippen molar-refractivity contribution >= 4 is 5.71 Å². The van der Waals surface area contributed by atoms with Crippen molar-refractivity contribution in [1.29, 1.82) is 0 Å². The van der Waals surface area contributed by atoms with E-state index in [0.29, 0.717) is 6.61 Å². The number of hydrazone groups is 1. The third-order valence-corrected chi connectivity index (χ3v) is 6.15. The molecule has 0 unspecified atom stereocenters. The Labute approximate surface area is 159 Å². The number of ether oxygens (including phenoxy) is 2. The molecule has 0 amide bonds. The molecule has 1 aromatic carbocycles. The van der Waals surface area contributed by atoms with Crippen LogP contribution in [-0.2, 0) is 0 Å². The van der Waals surface area contributed by atoms with Crippen molar-refractivity contribution in [2.45, 2.75) is 57.7 Å². The van der Waals surface area contributed by atoms with E-state index in [1.807, 2.05) is 25.1 Å². The first kappa shape index (κ1) is 16.7. The van der Waals surface area contributed by atoms with Crippen LogP contribution < -0.4 is 9.47 Å². The quantitative estimate of drug-likeness (QED) is 0.756. The second-order valence-corrected chi connectivity index (χ2v) is 7.93. The summed E-state index contributed by atoms with van der Waals surface area (Å²) in [6.07, 6.45) is 6.82. The van der Waals surface area contributed by atoms with Gasteiger partial charge in [0.25, 0.3) is 0 Å². The normalized spacial score (nSPS) is 29.1. The maximum absolute atomic E-state index is 6.74. The van der Waals surface area contributed by atoms with E-state index in [2.05, 4.69) is 24.1 Å². The molecule has 0 saturated heterocycles. The van der Waals surface area contributed by atoms with Crippen LogP contribution in [0.25, 0.3) is 0 Å². The van der Waals surface area contributed by atoms with Gasteiger partial charge in [-0.3, -0.25) is 0 Å². The fourth-order valence-electron chi connectivity index (χ4n) is 4.67. The number of hydrogen-bond acceptors (Lipinski definition) is 5. The van der Waals surface area contributed by atoms with Crippen LogP contribution in [0.15, 0.2) is 46.1 Å². The minimum atomic E-state index is -0.383. The van der Waals surface area contributed by atoms with Crippen molar-refractivity contribution in [3.05, 3.63) is 47.9 Å². The zero-order valence-corrected chi connectivity index (χ0v) is 16.0. The van der Waals surface area contributed by atoms with Crippen LogP contribution in [0.4, 0.5) is 0 Å². The Kier molecular flexibility index (Phi) is 3.92. The highest BCUT2D eigenvalue weighted by atomic mass is 16.6. The topological polar surface area (TPSA) is 47.2 Å². The molecular formula is C22H26N2O3. The molecule has 2 aliphatic heterocycles. The third kappa shape index (κ3) is 2.63. The van der Waals surface area contributed by atoms with E-state index >= 15 is 0 Å². The fraction of sp³-hybridized carbons (Fsp3) is 0.500. The molecule has 1 fully saturated rings. The molecule has 5 rings (SSSR count). The summed E-state index contributed by atoms with van der Waals surface area (Å²) in [5.41, 5.74) is 1.78. The average Bonchev–Trinajstić information content (AvgIpc) is 3.35. The molecule has 27 heavy (non-hydrogen) atoms. The van der Waals surface area contributed by atoms with Gasteiger partial charge in [-0.25, -0.2) is 5.01 Å². The standard InChI is InChI=1S/C22H26N2O3/c1-3-25-20-7-4-6-16-18-14-17(19-8-5-13-26-19)23-24(18)22(27-21(16)20)11-9-15(2)10-12-22/h4-8,13,15,18H,3,9-12,14H2,1-2H3/t15?,18-,22?/m0/s1. The number of para-hydroxylation sites is 1. The lowest BCUT2D eigenvalue weighted by Gasteiger charge is -2.50. The highest BCUT2D eigenvalue weighted by molar-refractivity contribution is 5.99. The van der Waals surface area contributed by atoms with Gasteiger partial charge in [0, 0.05) is 24.8 Å². The zero-order chi connectivity index (χ0) is 18.4. The zero-order valence-electron chi connectivity index (χ0n) is 16.0. The van der Waals surface area contributed by atoms with Gasteiger partial charge in [-0.2, -0.15) is 5.10 Å². The van der Waals surface area contributed by atoms with E-state index in [9.17, 15) is 0 Å². The van der Waals surface area contributed by atoms with Gasteiger partial charge in [-0.05, 0) is 43.9 Å². The molecular weight excluding hydrogens is 340 g/mol. The molecule has 1 spiro atoms. The highest BCUT2D eigenvalue weighted by Crippen LogP contribution is 2.54. The molecule has 2 aromatic rings. The first-order valence-electron chi connectivity index (χ1n) is 10.1. The molecule has 5 nitrogen and oxygen atoms in total. The van der Waals surface area contributed by atoms with Crippen LogP contribution in [0.5, 0.6) is 11.5 Å². The first-order valence-corrected chi connectivity index (χ1v) is 10.1. The fourth-order valence-corrected chi connectivity index (χ4v) is 4.67. The summed E-state index contributed by atoms with van der Waals surface area (Å²) < 4.78 is 18.3. The van der Waals surface area contributed by atoms with E-state index in [4.69, 9.17) is 19.0 Å². The number of hydrogen-bond donors (Lipinski definition) is 0. The Morgan fingerprint density at radius 3 is 2.81 bits per heavy atom. The molecule has 1 aromatic heterocycles. The van der Waals surface area contributed by atoms with Gasteiger partial charge in [0.15, 0.2) is 17.2 Å². The van der Waals surface area contributed by atoms with Crippen molar-refractivity contribution in [3.63, 3.8) is 0 Å². The predicted octanol–water partition coefficient (Wildman–Crippen LogP) is 5.13. The average molecular weight is 366 g/mol. The van der Waals surface area contributed by atoms with Gasteiger partial charge in [0.2, 0.25) is 0 Å². The second kappa shape index (κ2) is 6.32. The molecule has 1 atom stereocenters. The van der Waals surface area contributed by atoms with Crippen LogP contribution in [-0.4, -0.2) is 23.1 Å². The molecule has 1 saturated carbocycles. The van der Waals surface area contributed by atoms with Gasteiger partial charge < -0.3 is 13.9 Å². The summed E-state index contributed by atoms with van der Waals surface area (Å²) in [5.74, 6) is 3.34. The van der Waals surface area contributed by atoms with Crippen molar-refractivity contribution in [2.24, 2.45) is 11.0 Å². The third-order valence-electron chi connectivity index (χ3n) is 6.15. The van der Waals surface area contributed by atoms with E-state index in [0.717, 1.165) is 66.6 Å². The van der Waals surface area contributed by atoms with Gasteiger partial charge in [-0.1, -0.05) is 19.1 Å². The molecule has 3 aliphatic rings. The van der Waals surface area contributed by atoms with Gasteiger partial charge in [0.05, 0.1) is 18.9 Å². The maximum Gasteiger partial charge on any atom is 0.198 e. The monoisotopic (exact) mass is 366 g/mol. The van der Waals surface area contributed by atoms with Gasteiger partial charge >= 0.3 is 0 Å². The smallest absolute Gasteiger partial charge is 0.198 e. The van der Waals surface area contributed by atoms with Crippen LogP contribution in [0.2, 0.25) is 0 Å². The Hall–Kier alpha value is -2.43. The summed E-state index contributed by atoms with van der Waals surface area (Å²) in [6, 6.07) is 10.3. The Balaban J connectivity index is 1.60. The van der Waals surface area contributed by atoms with Gasteiger partial charge in [-0.15, -0.1) is 0 Å². The largest absolute Gasteiger partial charge is 0.490 e. The predicted molar refractivity (Wildman–Crippen MR) is 103 cm³/mol. The second-order valence-electron chi connectivity index (χ2n) is 7.93. The van der Waals surface area contributed by atoms with E-state index in [-0.39, 0.29) is 11.8 Å². The minimum Gasteiger partial charge on any atom is -0.490 e. The van der Waals surface area contributed by atoms with Crippen molar-refractivity contribution < 1.29 is 13.9 Å². The van der Waals surface area contributed by atoms with Crippen molar-refractivity contribution in [1.82, 2.24) is 5.01 Å². The number of nitrogens with zero attached hydrogens (tertiary/aromatic N) is 2. The minimum absolute atomic E-state index is 0.169. The Morgan fingerprint density at radius 1 is 1.22 bits per heavy atom. The number of rotatable bonds is 3. The number of furan rings is 1. The van der Waals surface area contributed by atoms with Crippen LogP contribution >= 0.6 is 0 Å². The summed E-state index contributed by atoms with van der Waals surface area (Å²) in [5, 5.41) is 7.25. The molecule has 142 valence electrons.